The molecule has 1 aromatic carbocycles. The van der Waals surface area contributed by atoms with E-state index in [0.29, 0.717) is 36.7 Å². The second kappa shape index (κ2) is 6.60. The van der Waals surface area contributed by atoms with Crippen LogP contribution in [0.2, 0.25) is 0 Å². The van der Waals surface area contributed by atoms with E-state index in [9.17, 15) is 12.8 Å². The van der Waals surface area contributed by atoms with E-state index in [1.807, 2.05) is 6.07 Å². The van der Waals surface area contributed by atoms with Gasteiger partial charge in [0.05, 0.1) is 11.6 Å². The first-order valence-electron chi connectivity index (χ1n) is 8.57. The molecule has 1 unspecified atom stereocenters. The van der Waals surface area contributed by atoms with E-state index in [4.69, 9.17) is 4.74 Å². The van der Waals surface area contributed by atoms with Gasteiger partial charge in [-0.15, -0.1) is 11.3 Å². The number of sulfonamides is 1. The van der Waals surface area contributed by atoms with E-state index in [2.05, 4.69) is 4.90 Å². The van der Waals surface area contributed by atoms with Gasteiger partial charge in [0, 0.05) is 32.4 Å². The summed E-state index contributed by atoms with van der Waals surface area (Å²) in [5.74, 6) is -0.267. The van der Waals surface area contributed by atoms with Gasteiger partial charge in [-0.25, -0.2) is 12.8 Å². The van der Waals surface area contributed by atoms with Crippen LogP contribution >= 0.6 is 11.3 Å². The molecule has 140 valence electrons. The van der Waals surface area contributed by atoms with Gasteiger partial charge in [0.15, 0.2) is 0 Å². The fraction of sp³-hybridized carbons (Fsp3) is 0.444. The fourth-order valence-corrected chi connectivity index (χ4v) is 6.71. The Morgan fingerprint density at radius 2 is 2.00 bits per heavy atom. The van der Waals surface area contributed by atoms with Crippen LogP contribution in [-0.2, 0) is 14.8 Å². The predicted molar refractivity (Wildman–Crippen MR) is 99.6 cm³/mol. The van der Waals surface area contributed by atoms with Crippen LogP contribution in [0, 0.1) is 5.82 Å². The normalized spacial score (nSPS) is 23.2. The molecule has 26 heavy (non-hydrogen) atoms. The van der Waals surface area contributed by atoms with Gasteiger partial charge in [0.2, 0.25) is 0 Å². The second-order valence-electron chi connectivity index (χ2n) is 6.75. The molecule has 1 spiro atoms. The third kappa shape index (κ3) is 2.76. The van der Waals surface area contributed by atoms with Gasteiger partial charge in [-0.05, 0) is 42.5 Å². The molecule has 2 aliphatic rings. The summed E-state index contributed by atoms with van der Waals surface area (Å²) in [4.78, 5) is 2.17. The van der Waals surface area contributed by atoms with Crippen molar-refractivity contribution in [2.75, 3.05) is 31.6 Å². The minimum Gasteiger partial charge on any atom is -0.377 e. The van der Waals surface area contributed by atoms with Crippen LogP contribution in [0.3, 0.4) is 0 Å². The van der Waals surface area contributed by atoms with Crippen LogP contribution in [0.15, 0.2) is 46.0 Å². The average molecular weight is 397 g/mol. The van der Waals surface area contributed by atoms with Crippen LogP contribution in [0.4, 0.5) is 10.1 Å². The monoisotopic (exact) mass is 396 g/mol. The standard InChI is InChI=1S/C18H21FN2O3S2/c1-24-16-13-21(15-5-2-4-14(19)12-15)18(16)7-9-20(10-8-18)26(22,23)17-6-3-11-25-17/h2-6,11-12,16H,7-10,13H2,1H3. The van der Waals surface area contributed by atoms with E-state index in [0.717, 1.165) is 5.69 Å². The topological polar surface area (TPSA) is 49.9 Å². The summed E-state index contributed by atoms with van der Waals surface area (Å²) >= 11 is 1.24. The molecule has 4 rings (SSSR count). The van der Waals surface area contributed by atoms with Gasteiger partial charge in [0.1, 0.15) is 10.0 Å². The first-order valence-corrected chi connectivity index (χ1v) is 10.9. The number of nitrogens with zero attached hydrogens (tertiary/aromatic N) is 2. The molecular weight excluding hydrogens is 375 g/mol. The van der Waals surface area contributed by atoms with Gasteiger partial charge < -0.3 is 9.64 Å². The van der Waals surface area contributed by atoms with E-state index in [-0.39, 0.29) is 17.5 Å². The van der Waals surface area contributed by atoms with Crippen molar-refractivity contribution in [1.29, 1.82) is 0 Å². The van der Waals surface area contributed by atoms with E-state index >= 15 is 0 Å². The Kier molecular flexibility index (Phi) is 4.54. The molecule has 2 fully saturated rings. The number of benzene rings is 1. The van der Waals surface area contributed by atoms with Crippen molar-refractivity contribution in [3.05, 3.63) is 47.6 Å². The third-order valence-corrected chi connectivity index (χ3v) is 8.84. The van der Waals surface area contributed by atoms with Gasteiger partial charge in [-0.1, -0.05) is 12.1 Å². The lowest BCUT2D eigenvalue weighted by atomic mass is 9.73. The quantitative estimate of drug-likeness (QED) is 0.797. The molecule has 0 radical (unpaired) electrons. The minimum absolute atomic E-state index is 0.0253. The largest absolute Gasteiger partial charge is 0.377 e. The van der Waals surface area contributed by atoms with Crippen molar-refractivity contribution in [2.45, 2.75) is 28.7 Å². The molecule has 5 nitrogen and oxygen atoms in total. The first-order chi connectivity index (χ1) is 12.5. The Morgan fingerprint density at radius 3 is 2.62 bits per heavy atom. The number of halogens is 1. The average Bonchev–Trinajstić information content (AvgIpc) is 3.17. The van der Waals surface area contributed by atoms with E-state index < -0.39 is 10.0 Å². The van der Waals surface area contributed by atoms with Crippen LogP contribution in [-0.4, -0.2) is 51.1 Å². The van der Waals surface area contributed by atoms with Crippen molar-refractivity contribution < 1.29 is 17.5 Å². The summed E-state index contributed by atoms with van der Waals surface area (Å²) in [5, 5.41) is 1.77. The van der Waals surface area contributed by atoms with Crippen molar-refractivity contribution in [2.24, 2.45) is 0 Å². The fourth-order valence-electron chi connectivity index (χ4n) is 4.12. The summed E-state index contributed by atoms with van der Waals surface area (Å²) in [7, 11) is -1.75. The molecule has 1 atom stereocenters. The van der Waals surface area contributed by atoms with Gasteiger partial charge in [-0.3, -0.25) is 0 Å². The highest BCUT2D eigenvalue weighted by molar-refractivity contribution is 7.91. The summed E-state index contributed by atoms with van der Waals surface area (Å²) in [6.45, 7) is 1.56. The smallest absolute Gasteiger partial charge is 0.252 e. The number of ether oxygens (including phenoxy) is 1. The second-order valence-corrected chi connectivity index (χ2v) is 9.87. The maximum Gasteiger partial charge on any atom is 0.252 e. The Morgan fingerprint density at radius 1 is 1.23 bits per heavy atom. The molecule has 2 aliphatic heterocycles. The summed E-state index contributed by atoms with van der Waals surface area (Å²) in [5.41, 5.74) is 0.553. The van der Waals surface area contributed by atoms with Crippen LogP contribution in [0.25, 0.3) is 0 Å². The molecule has 0 bridgehead atoms. The Balaban J connectivity index is 1.56. The Hall–Kier alpha value is -1.48. The number of thiophene rings is 1. The molecule has 0 aliphatic carbocycles. The maximum absolute atomic E-state index is 13.7. The van der Waals surface area contributed by atoms with Crippen molar-refractivity contribution in [1.82, 2.24) is 4.31 Å². The predicted octanol–water partition coefficient (Wildman–Crippen LogP) is 2.95. The molecule has 1 aromatic heterocycles. The van der Waals surface area contributed by atoms with Crippen LogP contribution < -0.4 is 4.90 Å². The molecule has 0 saturated carbocycles. The number of hydrogen-bond donors (Lipinski definition) is 0. The van der Waals surface area contributed by atoms with Crippen LogP contribution in [0.5, 0.6) is 0 Å². The third-order valence-electron chi connectivity index (χ3n) is 5.57. The SMILES string of the molecule is COC1CN(c2cccc(F)c2)C12CCN(S(=O)(=O)c1cccs1)CC2. The molecule has 3 heterocycles. The lowest BCUT2D eigenvalue weighted by Gasteiger charge is -2.61. The van der Waals surface area contributed by atoms with E-state index in [1.54, 1.807) is 35.0 Å². The zero-order valence-corrected chi connectivity index (χ0v) is 16.1. The number of methoxy groups -OCH3 is 1. The first kappa shape index (κ1) is 17.9. The molecule has 2 saturated heterocycles. The number of piperidine rings is 1. The lowest BCUT2D eigenvalue weighted by Crippen LogP contribution is -2.74. The number of hydrogen-bond acceptors (Lipinski definition) is 5. The van der Waals surface area contributed by atoms with Gasteiger partial charge in [0.25, 0.3) is 10.0 Å². The highest BCUT2D eigenvalue weighted by atomic mass is 32.2. The molecule has 8 heteroatoms. The van der Waals surface area contributed by atoms with Crippen molar-refractivity contribution >= 4 is 27.0 Å². The highest BCUT2D eigenvalue weighted by Gasteiger charge is 2.56. The number of anilines is 1. The summed E-state index contributed by atoms with van der Waals surface area (Å²) < 4.78 is 46.8. The molecule has 0 N–H and O–H groups in total. The van der Waals surface area contributed by atoms with E-state index in [1.165, 1.54) is 23.5 Å². The summed E-state index contributed by atoms with van der Waals surface area (Å²) in [6.07, 6.45) is 1.34. The number of rotatable bonds is 4. The zero-order chi connectivity index (χ0) is 18.4. The molecular formula is C18H21FN2O3S2. The summed E-state index contributed by atoms with van der Waals surface area (Å²) in [6, 6.07) is 9.95. The van der Waals surface area contributed by atoms with Crippen molar-refractivity contribution in [3.63, 3.8) is 0 Å². The maximum atomic E-state index is 13.7. The zero-order valence-electron chi connectivity index (χ0n) is 14.5. The Labute approximate surface area is 157 Å². The highest BCUT2D eigenvalue weighted by Crippen LogP contribution is 2.45. The van der Waals surface area contributed by atoms with Crippen molar-refractivity contribution in [3.8, 4) is 0 Å². The molecule has 2 aromatic rings. The Bertz CT molecular complexity index is 878. The van der Waals surface area contributed by atoms with Crippen LogP contribution in [0.1, 0.15) is 12.8 Å². The van der Waals surface area contributed by atoms with Gasteiger partial charge in [-0.2, -0.15) is 4.31 Å². The molecule has 0 amide bonds. The van der Waals surface area contributed by atoms with Gasteiger partial charge >= 0.3 is 0 Å². The minimum atomic E-state index is -3.43. The lowest BCUT2D eigenvalue weighted by molar-refractivity contribution is -0.0383.